The van der Waals surface area contributed by atoms with Gasteiger partial charge in [-0.05, 0) is 44.8 Å². The average Bonchev–Trinajstić information content (AvgIpc) is 2.59. The van der Waals surface area contributed by atoms with Gasteiger partial charge in [0, 0.05) is 25.2 Å². The van der Waals surface area contributed by atoms with Crippen LogP contribution in [0.4, 0.5) is 4.39 Å². The van der Waals surface area contributed by atoms with Crippen LogP contribution in [0.2, 0.25) is 0 Å². The predicted octanol–water partition coefficient (Wildman–Crippen LogP) is 3.62. The molecule has 2 N–H and O–H groups in total. The molecule has 1 atom stereocenters. The van der Waals surface area contributed by atoms with Crippen LogP contribution in [0.5, 0.6) is 0 Å². The van der Waals surface area contributed by atoms with E-state index >= 15 is 0 Å². The molecule has 1 heterocycles. The van der Waals surface area contributed by atoms with Crippen molar-refractivity contribution in [2.45, 2.75) is 39.7 Å². The second-order valence-electron chi connectivity index (χ2n) is 6.63. The zero-order chi connectivity index (χ0) is 17.2. The van der Waals surface area contributed by atoms with Crippen molar-refractivity contribution in [3.8, 4) is 0 Å². The number of likely N-dealkylation sites (tertiary alicyclic amines) is 1. The molecular weight excluding hydrogens is 430 g/mol. The van der Waals surface area contributed by atoms with E-state index in [1.54, 1.807) is 12.1 Å². The van der Waals surface area contributed by atoms with E-state index in [4.69, 9.17) is 0 Å². The fourth-order valence-corrected chi connectivity index (χ4v) is 3.05. The lowest BCUT2D eigenvalue weighted by molar-refractivity contribution is 0.201. The number of piperidine rings is 1. The third-order valence-electron chi connectivity index (χ3n) is 4.35. The second-order valence-corrected chi connectivity index (χ2v) is 6.63. The highest BCUT2D eigenvalue weighted by molar-refractivity contribution is 14.0. The Labute approximate surface area is 168 Å². The highest BCUT2D eigenvalue weighted by Crippen LogP contribution is 2.10. The Kier molecular flexibility index (Phi) is 11.0. The van der Waals surface area contributed by atoms with Gasteiger partial charge in [-0.3, -0.25) is 0 Å². The number of nitrogens with one attached hydrogen (secondary N) is 2. The SMILES string of the molecule is CCNC(=NCc1ccccc1F)NCC(C)CN1CCCCC1.I. The van der Waals surface area contributed by atoms with E-state index in [-0.39, 0.29) is 29.8 Å². The number of hydrogen-bond donors (Lipinski definition) is 2. The largest absolute Gasteiger partial charge is 0.357 e. The summed E-state index contributed by atoms with van der Waals surface area (Å²) in [5, 5.41) is 6.62. The summed E-state index contributed by atoms with van der Waals surface area (Å²) in [5.41, 5.74) is 0.621. The summed E-state index contributed by atoms with van der Waals surface area (Å²) in [7, 11) is 0. The van der Waals surface area contributed by atoms with Crippen LogP contribution in [0.3, 0.4) is 0 Å². The molecule has 0 amide bonds. The quantitative estimate of drug-likeness (QED) is 0.370. The minimum Gasteiger partial charge on any atom is -0.357 e. The fourth-order valence-electron chi connectivity index (χ4n) is 3.05. The van der Waals surface area contributed by atoms with Gasteiger partial charge >= 0.3 is 0 Å². The smallest absolute Gasteiger partial charge is 0.191 e. The van der Waals surface area contributed by atoms with Crippen LogP contribution < -0.4 is 10.6 Å². The molecule has 4 nitrogen and oxygen atoms in total. The van der Waals surface area contributed by atoms with Gasteiger partial charge in [0.05, 0.1) is 6.54 Å². The van der Waals surface area contributed by atoms with Crippen molar-refractivity contribution in [2.24, 2.45) is 10.9 Å². The van der Waals surface area contributed by atoms with E-state index in [0.29, 0.717) is 18.0 Å². The van der Waals surface area contributed by atoms with Crippen LogP contribution in [0.25, 0.3) is 0 Å². The molecule has 0 spiro atoms. The van der Waals surface area contributed by atoms with Crippen LogP contribution >= 0.6 is 24.0 Å². The summed E-state index contributed by atoms with van der Waals surface area (Å²) in [4.78, 5) is 7.06. The zero-order valence-electron chi connectivity index (χ0n) is 15.4. The number of hydrogen-bond acceptors (Lipinski definition) is 2. The first-order chi connectivity index (χ1) is 11.7. The van der Waals surface area contributed by atoms with E-state index < -0.39 is 0 Å². The molecule has 1 saturated heterocycles. The molecule has 25 heavy (non-hydrogen) atoms. The van der Waals surface area contributed by atoms with Crippen LogP contribution in [-0.2, 0) is 6.54 Å². The highest BCUT2D eigenvalue weighted by Gasteiger charge is 2.13. The lowest BCUT2D eigenvalue weighted by Crippen LogP contribution is -2.42. The van der Waals surface area contributed by atoms with Crippen molar-refractivity contribution in [2.75, 3.05) is 32.7 Å². The summed E-state index contributed by atoms with van der Waals surface area (Å²) in [6.07, 6.45) is 4.02. The molecule has 142 valence electrons. The molecule has 1 fully saturated rings. The number of benzene rings is 1. The van der Waals surface area contributed by atoms with Gasteiger partial charge < -0.3 is 15.5 Å². The van der Waals surface area contributed by atoms with E-state index in [1.165, 1.54) is 38.4 Å². The maximum Gasteiger partial charge on any atom is 0.191 e. The average molecular weight is 462 g/mol. The number of halogens is 2. The summed E-state index contributed by atoms with van der Waals surface area (Å²) < 4.78 is 13.7. The van der Waals surface area contributed by atoms with Gasteiger partial charge in [-0.1, -0.05) is 31.5 Å². The van der Waals surface area contributed by atoms with Gasteiger partial charge in [-0.2, -0.15) is 0 Å². The van der Waals surface area contributed by atoms with Gasteiger partial charge in [-0.25, -0.2) is 9.38 Å². The van der Waals surface area contributed by atoms with E-state index in [9.17, 15) is 4.39 Å². The first-order valence-electron chi connectivity index (χ1n) is 9.17. The van der Waals surface area contributed by atoms with Crippen molar-refractivity contribution in [1.29, 1.82) is 0 Å². The predicted molar refractivity (Wildman–Crippen MR) is 114 cm³/mol. The number of guanidine groups is 1. The molecule has 2 rings (SSSR count). The minimum absolute atomic E-state index is 0. The lowest BCUT2D eigenvalue weighted by Gasteiger charge is -2.29. The van der Waals surface area contributed by atoms with E-state index in [0.717, 1.165) is 25.6 Å². The van der Waals surface area contributed by atoms with Gasteiger partial charge in [0.15, 0.2) is 5.96 Å². The van der Waals surface area contributed by atoms with Crippen molar-refractivity contribution in [1.82, 2.24) is 15.5 Å². The topological polar surface area (TPSA) is 39.7 Å². The number of rotatable bonds is 7. The van der Waals surface area contributed by atoms with Crippen molar-refractivity contribution >= 4 is 29.9 Å². The third kappa shape index (κ3) is 8.35. The van der Waals surface area contributed by atoms with E-state index in [2.05, 4.69) is 27.4 Å². The van der Waals surface area contributed by atoms with Gasteiger partial charge in [0.25, 0.3) is 0 Å². The minimum atomic E-state index is -0.199. The highest BCUT2D eigenvalue weighted by atomic mass is 127. The second kappa shape index (κ2) is 12.5. The molecule has 6 heteroatoms. The summed E-state index contributed by atoms with van der Waals surface area (Å²) in [6.45, 7) is 9.91. The Balaban J connectivity index is 0.00000312. The first kappa shape index (κ1) is 22.2. The molecule has 0 saturated carbocycles. The monoisotopic (exact) mass is 462 g/mol. The Morgan fingerprint density at radius 2 is 1.92 bits per heavy atom. The molecule has 0 bridgehead atoms. The van der Waals surface area contributed by atoms with Crippen LogP contribution in [0, 0.1) is 11.7 Å². The maximum absolute atomic E-state index is 13.7. The summed E-state index contributed by atoms with van der Waals surface area (Å²) in [5.74, 6) is 1.11. The standard InChI is InChI=1S/C19H31FN4.HI/c1-3-21-19(23-14-17-9-5-6-10-18(17)20)22-13-16(2)15-24-11-7-4-8-12-24;/h5-6,9-10,16H,3-4,7-8,11-15H2,1-2H3,(H2,21,22,23);1H. The maximum atomic E-state index is 13.7. The molecule has 1 unspecified atom stereocenters. The Morgan fingerprint density at radius 1 is 1.20 bits per heavy atom. The molecule has 1 aromatic carbocycles. The first-order valence-corrected chi connectivity index (χ1v) is 9.17. The third-order valence-corrected chi connectivity index (χ3v) is 4.35. The number of nitrogens with zero attached hydrogens (tertiary/aromatic N) is 2. The fraction of sp³-hybridized carbons (Fsp3) is 0.632. The molecule has 1 aliphatic heterocycles. The normalized spacial score (nSPS) is 16.8. The van der Waals surface area contributed by atoms with Crippen LogP contribution in [0.1, 0.15) is 38.7 Å². The lowest BCUT2D eigenvalue weighted by atomic mass is 10.1. The number of aliphatic imine (C=N–C) groups is 1. The van der Waals surface area contributed by atoms with Gasteiger partial charge in [0.2, 0.25) is 0 Å². The van der Waals surface area contributed by atoms with Crippen molar-refractivity contribution in [3.63, 3.8) is 0 Å². The van der Waals surface area contributed by atoms with Gasteiger partial charge in [-0.15, -0.1) is 24.0 Å². The molecule has 0 radical (unpaired) electrons. The Bertz CT molecular complexity index is 518. The Hall–Kier alpha value is -0.890. The molecule has 1 aromatic rings. The molecular formula is C19H32FIN4. The zero-order valence-corrected chi connectivity index (χ0v) is 17.8. The van der Waals surface area contributed by atoms with E-state index in [1.807, 2.05) is 13.0 Å². The summed E-state index contributed by atoms with van der Waals surface area (Å²) in [6, 6.07) is 6.80. The van der Waals surface area contributed by atoms with Crippen LogP contribution in [0.15, 0.2) is 29.3 Å². The van der Waals surface area contributed by atoms with Crippen molar-refractivity contribution < 1.29 is 4.39 Å². The molecule has 0 aromatic heterocycles. The molecule has 1 aliphatic rings. The Morgan fingerprint density at radius 3 is 2.60 bits per heavy atom. The molecule has 0 aliphatic carbocycles. The van der Waals surface area contributed by atoms with Gasteiger partial charge in [0.1, 0.15) is 5.82 Å². The van der Waals surface area contributed by atoms with Crippen molar-refractivity contribution in [3.05, 3.63) is 35.6 Å². The summed E-state index contributed by atoms with van der Waals surface area (Å²) >= 11 is 0. The van der Waals surface area contributed by atoms with Crippen LogP contribution in [-0.4, -0.2) is 43.6 Å².